The van der Waals surface area contributed by atoms with Crippen LogP contribution in [0.2, 0.25) is 0 Å². The number of rotatable bonds is 7. The molecule has 1 aliphatic rings. The van der Waals surface area contributed by atoms with E-state index in [-0.39, 0.29) is 83.6 Å². The van der Waals surface area contributed by atoms with Gasteiger partial charge in [-0.2, -0.15) is 0 Å². The van der Waals surface area contributed by atoms with Crippen LogP contribution in [0.3, 0.4) is 0 Å². The molecule has 0 saturated heterocycles. The van der Waals surface area contributed by atoms with Crippen LogP contribution < -0.4 is 74.9 Å². The molecule has 0 atom stereocenters. The summed E-state index contributed by atoms with van der Waals surface area (Å²) in [5, 5.41) is 29.4. The van der Waals surface area contributed by atoms with Gasteiger partial charge in [-0.15, -0.1) is 0 Å². The van der Waals surface area contributed by atoms with Crippen molar-refractivity contribution in [2.45, 2.75) is 45.4 Å². The minimum atomic E-state index is -1.98. The number of ketones is 1. The fourth-order valence-corrected chi connectivity index (χ4v) is 2.28. The second-order valence-electron chi connectivity index (χ2n) is 5.79. The minimum absolute atomic E-state index is 0. The van der Waals surface area contributed by atoms with Gasteiger partial charge >= 0.3 is 65.1 Å². The first kappa shape index (κ1) is 29.2. The first-order valence-electron chi connectivity index (χ1n) is 7.90. The number of carbonyl (C=O) groups excluding carboxylic acids is 3. The standard InChI is InChI=1S/C8H8N2O3.C8H12O5.2Na/c11-6-3-5(8(12)13)9-7(10-6)4-1-2-4;1-3-8(4-2,7(12)13)5(9)6(10)11;;/h3-4H,1-2H2,(H,12,13)(H,9,10,11);3-4H2,1-2H3,(H,10,11)(H,12,13);;/q;;2*+1/p-2. The van der Waals surface area contributed by atoms with Crippen LogP contribution in [0.4, 0.5) is 0 Å². The Bertz CT molecular complexity index is 785. The van der Waals surface area contributed by atoms with E-state index >= 15 is 0 Å². The molecule has 10 nitrogen and oxygen atoms in total. The van der Waals surface area contributed by atoms with Gasteiger partial charge in [-0.05, 0) is 25.7 Å². The number of aromatic nitrogens is 2. The van der Waals surface area contributed by atoms with Gasteiger partial charge in [0.05, 0.1) is 11.4 Å². The summed E-state index contributed by atoms with van der Waals surface area (Å²) in [6.45, 7) is 2.83. The Hall–Kier alpha value is -1.04. The number of carbonyl (C=O) groups is 4. The third-order valence-electron chi connectivity index (χ3n) is 4.16. The van der Waals surface area contributed by atoms with E-state index in [4.69, 9.17) is 5.11 Å². The molecule has 0 bridgehead atoms. The molecule has 28 heavy (non-hydrogen) atoms. The average molecular weight is 412 g/mol. The summed E-state index contributed by atoms with van der Waals surface area (Å²) < 4.78 is 0. The van der Waals surface area contributed by atoms with Crippen LogP contribution in [-0.2, 0) is 14.4 Å². The summed E-state index contributed by atoms with van der Waals surface area (Å²) in [7, 11) is 0. The molecule has 0 aliphatic heterocycles. The van der Waals surface area contributed by atoms with Crippen molar-refractivity contribution in [2.24, 2.45) is 5.41 Å². The van der Waals surface area contributed by atoms with E-state index in [1.165, 1.54) is 13.8 Å². The third kappa shape index (κ3) is 7.41. The van der Waals surface area contributed by atoms with E-state index in [0.717, 1.165) is 18.9 Å². The summed E-state index contributed by atoms with van der Waals surface area (Å²) in [5.41, 5.74) is -2.50. The molecular formula is C16H18N2Na2O8. The number of nitrogens with one attached hydrogen (secondary N) is 1. The Morgan fingerprint density at radius 1 is 1.18 bits per heavy atom. The van der Waals surface area contributed by atoms with E-state index in [2.05, 4.69) is 9.97 Å². The smallest absolute Gasteiger partial charge is 0.549 e. The van der Waals surface area contributed by atoms with Gasteiger partial charge in [0.2, 0.25) is 0 Å². The van der Waals surface area contributed by atoms with E-state index in [0.29, 0.717) is 5.82 Å². The van der Waals surface area contributed by atoms with Gasteiger partial charge in [-0.3, -0.25) is 9.59 Å². The Labute approximate surface area is 204 Å². The molecule has 0 spiro atoms. The molecule has 1 saturated carbocycles. The fourth-order valence-electron chi connectivity index (χ4n) is 2.28. The van der Waals surface area contributed by atoms with Crippen molar-refractivity contribution < 1.29 is 93.6 Å². The second kappa shape index (κ2) is 12.5. The number of Topliss-reactive ketones (excluding diaryl/α,β-unsaturated/α-hetero) is 1. The largest absolute Gasteiger partial charge is 1.00 e. The Balaban J connectivity index is 0. The maximum atomic E-state index is 11.0. The molecule has 142 valence electrons. The summed E-state index contributed by atoms with van der Waals surface area (Å²) in [5.74, 6) is -5.46. The molecule has 1 aromatic heterocycles. The SMILES string of the molecule is CCC(CC)(C(=O)[O-])C(=O)C(=O)[O-].O=C(O)c1cc(=O)[nH]c(C2CC2)n1.[Na+].[Na+]. The van der Waals surface area contributed by atoms with Crippen LogP contribution in [0.1, 0.15) is 61.8 Å². The van der Waals surface area contributed by atoms with Gasteiger partial charge in [0.1, 0.15) is 11.8 Å². The molecule has 0 aromatic carbocycles. The zero-order valence-electron chi connectivity index (χ0n) is 16.2. The summed E-state index contributed by atoms with van der Waals surface area (Å²) in [4.78, 5) is 59.7. The van der Waals surface area contributed by atoms with Crippen molar-refractivity contribution >= 4 is 23.7 Å². The first-order chi connectivity index (χ1) is 12.1. The number of aliphatic carboxylic acids is 2. The number of hydrogen-bond acceptors (Lipinski definition) is 8. The molecule has 12 heteroatoms. The third-order valence-corrected chi connectivity index (χ3v) is 4.16. The van der Waals surface area contributed by atoms with Gasteiger partial charge in [-0.25, -0.2) is 9.78 Å². The average Bonchev–Trinajstić information content (AvgIpc) is 3.41. The van der Waals surface area contributed by atoms with Crippen molar-refractivity contribution in [3.63, 3.8) is 0 Å². The molecule has 1 aromatic rings. The van der Waals surface area contributed by atoms with E-state index in [1.807, 2.05) is 0 Å². The van der Waals surface area contributed by atoms with Gasteiger partial charge in [0.15, 0.2) is 11.5 Å². The summed E-state index contributed by atoms with van der Waals surface area (Å²) >= 11 is 0. The van der Waals surface area contributed by atoms with Gasteiger partial charge in [0, 0.05) is 12.0 Å². The maximum Gasteiger partial charge on any atom is 1.00 e. The van der Waals surface area contributed by atoms with Crippen molar-refractivity contribution in [3.8, 4) is 0 Å². The number of aromatic carboxylic acids is 1. The molecule has 0 radical (unpaired) electrons. The van der Waals surface area contributed by atoms with Crippen molar-refractivity contribution in [1.82, 2.24) is 9.97 Å². The van der Waals surface area contributed by atoms with Crippen LogP contribution in [0.5, 0.6) is 0 Å². The van der Waals surface area contributed by atoms with Crippen LogP contribution in [0.15, 0.2) is 10.9 Å². The predicted octanol–water partition coefficient (Wildman–Crippen LogP) is -7.78. The summed E-state index contributed by atoms with van der Waals surface area (Å²) in [6, 6.07) is 0.994. The minimum Gasteiger partial charge on any atom is -0.549 e. The molecule has 1 aliphatic carbocycles. The number of H-pyrrole nitrogens is 1. The number of carboxylic acid groups (broad SMARTS) is 3. The molecule has 2 rings (SSSR count). The molecule has 1 fully saturated rings. The van der Waals surface area contributed by atoms with E-state index in [9.17, 15) is 34.2 Å². The van der Waals surface area contributed by atoms with Crippen LogP contribution in [-0.4, -0.2) is 38.8 Å². The van der Waals surface area contributed by atoms with E-state index < -0.39 is 34.7 Å². The molecule has 1 heterocycles. The van der Waals surface area contributed by atoms with Gasteiger partial charge in [0.25, 0.3) is 5.56 Å². The van der Waals surface area contributed by atoms with Gasteiger partial charge < -0.3 is 29.9 Å². The van der Waals surface area contributed by atoms with Gasteiger partial charge in [-0.1, -0.05) is 13.8 Å². The normalized spacial score (nSPS) is 12.4. The number of nitrogens with zero attached hydrogens (tertiary/aromatic N) is 1. The Morgan fingerprint density at radius 2 is 1.68 bits per heavy atom. The number of hydrogen-bond donors (Lipinski definition) is 2. The summed E-state index contributed by atoms with van der Waals surface area (Å²) in [6.07, 6.45) is 1.73. The van der Waals surface area contributed by atoms with Crippen molar-refractivity contribution in [3.05, 3.63) is 27.9 Å². The van der Waals surface area contributed by atoms with E-state index in [1.54, 1.807) is 0 Å². The quantitative estimate of drug-likeness (QED) is 0.250. The number of aromatic amines is 1. The Kier molecular flexibility index (Phi) is 13.0. The van der Waals surface area contributed by atoms with Crippen LogP contribution >= 0.6 is 0 Å². The van der Waals surface area contributed by atoms with Crippen molar-refractivity contribution in [2.75, 3.05) is 0 Å². The number of carboxylic acids is 3. The fraction of sp³-hybridized carbons (Fsp3) is 0.500. The zero-order chi connectivity index (χ0) is 20.1. The Morgan fingerprint density at radius 3 is 1.96 bits per heavy atom. The molecular weight excluding hydrogens is 394 g/mol. The predicted molar refractivity (Wildman–Crippen MR) is 81.8 cm³/mol. The first-order valence-corrected chi connectivity index (χ1v) is 7.90. The monoisotopic (exact) mass is 412 g/mol. The zero-order valence-corrected chi connectivity index (χ0v) is 20.2. The van der Waals surface area contributed by atoms with Crippen LogP contribution in [0.25, 0.3) is 0 Å². The molecule has 0 amide bonds. The maximum absolute atomic E-state index is 11.0. The molecule has 2 N–H and O–H groups in total. The van der Waals surface area contributed by atoms with Crippen LogP contribution in [0, 0.1) is 5.41 Å². The molecule has 0 unspecified atom stereocenters. The van der Waals surface area contributed by atoms with Crippen molar-refractivity contribution in [1.29, 1.82) is 0 Å². The second-order valence-corrected chi connectivity index (χ2v) is 5.79. The topological polar surface area (TPSA) is 180 Å².